The lowest BCUT2D eigenvalue weighted by Crippen LogP contribution is -2.26. The van der Waals surface area contributed by atoms with Crippen molar-refractivity contribution in [3.8, 4) is 0 Å². The van der Waals surface area contributed by atoms with Crippen LogP contribution < -0.4 is 0 Å². The molecule has 0 saturated heterocycles. The number of allylic oxidation sites excluding steroid dienone is 1. The van der Waals surface area contributed by atoms with E-state index in [-0.39, 0.29) is 0 Å². The molecule has 0 aliphatic carbocycles. The molecule has 0 atom stereocenters. The molecule has 25 heavy (non-hydrogen) atoms. The molecule has 1 aliphatic rings. The van der Waals surface area contributed by atoms with Crippen molar-refractivity contribution in [2.75, 3.05) is 13.6 Å². The number of benzene rings is 2. The third-order valence-electron chi connectivity index (χ3n) is 4.94. The van der Waals surface area contributed by atoms with E-state index in [1.165, 1.54) is 27.7 Å². The number of aromatic nitrogens is 1. The van der Waals surface area contributed by atoms with Crippen LogP contribution in [0.3, 0.4) is 0 Å². The highest BCUT2D eigenvalue weighted by Crippen LogP contribution is 2.33. The summed E-state index contributed by atoms with van der Waals surface area (Å²) in [6.07, 6.45) is 3.27. The van der Waals surface area contributed by atoms with E-state index >= 15 is 0 Å². The van der Waals surface area contributed by atoms with Crippen molar-refractivity contribution >= 4 is 45.9 Å². The highest BCUT2D eigenvalue weighted by Gasteiger charge is 2.22. The highest BCUT2D eigenvalue weighted by atomic mass is 35.5. The van der Waals surface area contributed by atoms with Gasteiger partial charge in [0, 0.05) is 46.8 Å². The topological polar surface area (TPSA) is 8.17 Å². The number of halogens is 2. The Hall–Kier alpha value is -1.74. The van der Waals surface area contributed by atoms with E-state index in [9.17, 15) is 0 Å². The summed E-state index contributed by atoms with van der Waals surface area (Å²) in [5.41, 5.74) is 6.32. The first-order chi connectivity index (χ1) is 12.0. The molecule has 0 spiro atoms. The third kappa shape index (κ3) is 3.10. The standard InChI is InChI=1S/C21H20Cl2N2/c1-14(15-4-3-5-16(22)10-15)12-25-20-7-6-17(23)11-18(20)19-13-24(2)9-8-21(19)25/h3-7,10-12H,8-9,13H2,1-2H3. The first-order valence-electron chi connectivity index (χ1n) is 8.47. The van der Waals surface area contributed by atoms with Crippen molar-refractivity contribution in [1.29, 1.82) is 0 Å². The zero-order chi connectivity index (χ0) is 17.6. The molecule has 1 aliphatic heterocycles. The molecule has 2 aromatic carbocycles. The van der Waals surface area contributed by atoms with Gasteiger partial charge in [0.25, 0.3) is 0 Å². The fourth-order valence-corrected chi connectivity index (χ4v) is 4.01. The maximum Gasteiger partial charge on any atom is 0.0529 e. The molecule has 0 bridgehead atoms. The molecule has 0 radical (unpaired) electrons. The van der Waals surface area contributed by atoms with E-state index < -0.39 is 0 Å². The maximum atomic E-state index is 6.27. The van der Waals surface area contributed by atoms with Gasteiger partial charge in [-0.25, -0.2) is 0 Å². The van der Waals surface area contributed by atoms with Gasteiger partial charge in [0.15, 0.2) is 0 Å². The quantitative estimate of drug-likeness (QED) is 0.540. The Morgan fingerprint density at radius 3 is 2.68 bits per heavy atom. The van der Waals surface area contributed by atoms with Crippen molar-refractivity contribution in [3.63, 3.8) is 0 Å². The zero-order valence-electron chi connectivity index (χ0n) is 14.4. The summed E-state index contributed by atoms with van der Waals surface area (Å²) >= 11 is 12.4. The van der Waals surface area contributed by atoms with Crippen LogP contribution in [-0.2, 0) is 13.0 Å². The summed E-state index contributed by atoms with van der Waals surface area (Å²) in [5, 5.41) is 2.80. The summed E-state index contributed by atoms with van der Waals surface area (Å²) in [6, 6.07) is 14.2. The average Bonchev–Trinajstić information content (AvgIpc) is 2.87. The molecule has 0 saturated carbocycles. The smallest absolute Gasteiger partial charge is 0.0529 e. The minimum atomic E-state index is 0.762. The summed E-state index contributed by atoms with van der Waals surface area (Å²) in [7, 11) is 2.17. The molecule has 3 aromatic rings. The van der Waals surface area contributed by atoms with E-state index in [0.29, 0.717) is 0 Å². The molecule has 1 aromatic heterocycles. The van der Waals surface area contributed by atoms with Crippen molar-refractivity contribution < 1.29 is 0 Å². The van der Waals surface area contributed by atoms with Crippen LogP contribution in [0.5, 0.6) is 0 Å². The van der Waals surface area contributed by atoms with Crippen LogP contribution in [-0.4, -0.2) is 23.1 Å². The van der Waals surface area contributed by atoms with Crippen molar-refractivity contribution in [2.24, 2.45) is 0 Å². The van der Waals surface area contributed by atoms with Gasteiger partial charge < -0.3 is 9.47 Å². The van der Waals surface area contributed by atoms with Gasteiger partial charge in [-0.15, -0.1) is 0 Å². The first-order valence-corrected chi connectivity index (χ1v) is 9.22. The van der Waals surface area contributed by atoms with Gasteiger partial charge in [0.1, 0.15) is 0 Å². The van der Waals surface area contributed by atoms with E-state index in [4.69, 9.17) is 23.2 Å². The second-order valence-corrected chi connectivity index (χ2v) is 7.64. The van der Waals surface area contributed by atoms with E-state index in [1.807, 2.05) is 24.3 Å². The number of fused-ring (bicyclic) bond motifs is 3. The number of hydrogen-bond donors (Lipinski definition) is 0. The molecule has 128 valence electrons. The van der Waals surface area contributed by atoms with Crippen LogP contribution in [0, 0.1) is 0 Å². The highest BCUT2D eigenvalue weighted by molar-refractivity contribution is 6.31. The minimum absolute atomic E-state index is 0.762. The Kier molecular flexibility index (Phi) is 4.36. The summed E-state index contributed by atoms with van der Waals surface area (Å²) < 4.78 is 2.34. The van der Waals surface area contributed by atoms with Crippen molar-refractivity contribution in [3.05, 3.63) is 69.3 Å². The number of likely N-dealkylation sites (N-methyl/N-ethyl adjacent to an activating group) is 1. The molecule has 0 unspecified atom stereocenters. The van der Waals surface area contributed by atoms with Crippen molar-refractivity contribution in [1.82, 2.24) is 9.47 Å². The molecule has 0 fully saturated rings. The van der Waals surface area contributed by atoms with E-state index in [2.05, 4.69) is 47.8 Å². The van der Waals surface area contributed by atoms with Gasteiger partial charge in [0.2, 0.25) is 0 Å². The van der Waals surface area contributed by atoms with Crippen molar-refractivity contribution in [2.45, 2.75) is 19.9 Å². The average molecular weight is 371 g/mol. The summed E-state index contributed by atoms with van der Waals surface area (Å²) in [4.78, 5) is 2.36. The molecule has 0 N–H and O–H groups in total. The number of rotatable bonds is 2. The van der Waals surface area contributed by atoms with E-state index in [0.717, 1.165) is 35.1 Å². The van der Waals surface area contributed by atoms with Crippen LogP contribution in [0.2, 0.25) is 10.0 Å². The zero-order valence-corrected chi connectivity index (χ0v) is 15.9. The largest absolute Gasteiger partial charge is 0.320 e. The fourth-order valence-electron chi connectivity index (χ4n) is 3.65. The maximum absolute atomic E-state index is 6.27. The molecule has 4 heteroatoms. The van der Waals surface area contributed by atoms with Crippen LogP contribution in [0.25, 0.3) is 22.7 Å². The second-order valence-electron chi connectivity index (χ2n) is 6.77. The Morgan fingerprint density at radius 1 is 1.08 bits per heavy atom. The minimum Gasteiger partial charge on any atom is -0.320 e. The van der Waals surface area contributed by atoms with E-state index in [1.54, 1.807) is 0 Å². The molecule has 4 rings (SSSR count). The SMILES string of the molecule is CC(=Cn1c2c(c3cc(Cl)ccc31)CN(C)CC2)c1cccc(Cl)c1. The number of hydrogen-bond acceptors (Lipinski definition) is 1. The fraction of sp³-hybridized carbons (Fsp3) is 0.238. The van der Waals surface area contributed by atoms with Gasteiger partial charge in [-0.2, -0.15) is 0 Å². The van der Waals surface area contributed by atoms with Crippen LogP contribution >= 0.6 is 23.2 Å². The summed E-state index contributed by atoms with van der Waals surface area (Å²) in [5.74, 6) is 0. The molecular formula is C21H20Cl2N2. The Balaban J connectivity index is 1.91. The van der Waals surface area contributed by atoms with Gasteiger partial charge >= 0.3 is 0 Å². The van der Waals surface area contributed by atoms with Gasteiger partial charge in [-0.3, -0.25) is 0 Å². The van der Waals surface area contributed by atoms with Crippen LogP contribution in [0.4, 0.5) is 0 Å². The van der Waals surface area contributed by atoms with Gasteiger partial charge in [-0.05, 0) is 61.0 Å². The van der Waals surface area contributed by atoms with Crippen LogP contribution in [0.1, 0.15) is 23.7 Å². The number of nitrogens with zero attached hydrogens (tertiary/aromatic N) is 2. The monoisotopic (exact) mass is 370 g/mol. The van der Waals surface area contributed by atoms with Gasteiger partial charge in [0.05, 0.1) is 5.52 Å². The molecule has 0 amide bonds. The Bertz CT molecular complexity index is 985. The Morgan fingerprint density at radius 2 is 1.88 bits per heavy atom. The predicted molar refractivity (Wildman–Crippen MR) is 108 cm³/mol. The predicted octanol–water partition coefficient (Wildman–Crippen LogP) is 5.95. The third-order valence-corrected chi connectivity index (χ3v) is 5.41. The molecular weight excluding hydrogens is 351 g/mol. The lowest BCUT2D eigenvalue weighted by Gasteiger charge is -2.23. The first kappa shape index (κ1) is 16.7. The molecule has 2 heterocycles. The van der Waals surface area contributed by atoms with Crippen LogP contribution in [0.15, 0.2) is 42.5 Å². The Labute approximate surface area is 158 Å². The lowest BCUT2D eigenvalue weighted by molar-refractivity contribution is 0.312. The van der Waals surface area contributed by atoms with Gasteiger partial charge in [-0.1, -0.05) is 35.3 Å². The normalized spacial score (nSPS) is 15.6. The lowest BCUT2D eigenvalue weighted by atomic mass is 10.1. The second kappa shape index (κ2) is 6.53. The summed E-state index contributed by atoms with van der Waals surface area (Å²) in [6.45, 7) is 4.17. The molecule has 2 nitrogen and oxygen atoms in total.